The maximum absolute atomic E-state index is 12.4. The Balaban J connectivity index is 1.39. The van der Waals surface area contributed by atoms with Crippen LogP contribution >= 0.6 is 0 Å². The smallest absolute Gasteiger partial charge is 0.309 e. The van der Waals surface area contributed by atoms with Crippen molar-refractivity contribution in [3.8, 4) is 11.5 Å². The van der Waals surface area contributed by atoms with Gasteiger partial charge in [-0.1, -0.05) is 36.4 Å². The van der Waals surface area contributed by atoms with Crippen molar-refractivity contribution in [2.45, 2.75) is 12.6 Å². The van der Waals surface area contributed by atoms with E-state index < -0.39 is 11.8 Å². The van der Waals surface area contributed by atoms with Gasteiger partial charge in [-0.15, -0.1) is 0 Å². The zero-order valence-corrected chi connectivity index (χ0v) is 17.7. The average molecular weight is 425 g/mol. The van der Waals surface area contributed by atoms with Gasteiger partial charge in [-0.2, -0.15) is 0 Å². The molecule has 0 spiro atoms. The van der Waals surface area contributed by atoms with Gasteiger partial charge in [0.25, 0.3) is 0 Å². The number of rotatable bonds is 6. The molecule has 0 aromatic heterocycles. The van der Waals surface area contributed by atoms with Gasteiger partial charge < -0.3 is 25.0 Å². The second-order valence-corrected chi connectivity index (χ2v) is 7.85. The SMILES string of the molecule is CN1CCN([C@@H](CNC(=O)C(=O)NCc2ccccc2)c2ccc3c(c2)OCO3)CC1. The summed E-state index contributed by atoms with van der Waals surface area (Å²) in [4.78, 5) is 29.3. The number of amides is 2. The summed E-state index contributed by atoms with van der Waals surface area (Å²) in [6.07, 6.45) is 0. The average Bonchev–Trinajstić information content (AvgIpc) is 3.27. The van der Waals surface area contributed by atoms with Crippen molar-refractivity contribution >= 4 is 11.8 Å². The van der Waals surface area contributed by atoms with Crippen LogP contribution in [0.3, 0.4) is 0 Å². The van der Waals surface area contributed by atoms with Gasteiger partial charge in [0, 0.05) is 39.3 Å². The van der Waals surface area contributed by atoms with Gasteiger partial charge in [0.2, 0.25) is 6.79 Å². The van der Waals surface area contributed by atoms with Crippen LogP contribution in [0.2, 0.25) is 0 Å². The fourth-order valence-electron chi connectivity index (χ4n) is 3.84. The van der Waals surface area contributed by atoms with Crippen LogP contribution in [-0.2, 0) is 16.1 Å². The minimum Gasteiger partial charge on any atom is -0.454 e. The first-order chi connectivity index (χ1) is 15.1. The van der Waals surface area contributed by atoms with Gasteiger partial charge in [-0.05, 0) is 30.3 Å². The van der Waals surface area contributed by atoms with Crippen LogP contribution in [0, 0.1) is 0 Å². The molecule has 0 saturated carbocycles. The predicted molar refractivity (Wildman–Crippen MR) is 116 cm³/mol. The molecule has 8 nitrogen and oxygen atoms in total. The summed E-state index contributed by atoms with van der Waals surface area (Å²) in [6.45, 7) is 4.53. The highest BCUT2D eigenvalue weighted by molar-refractivity contribution is 6.35. The third-order valence-electron chi connectivity index (χ3n) is 5.72. The molecule has 8 heteroatoms. The number of likely N-dealkylation sites (N-methyl/N-ethyl adjacent to an activating group) is 1. The van der Waals surface area contributed by atoms with Crippen molar-refractivity contribution < 1.29 is 19.1 Å². The normalized spacial score (nSPS) is 17.2. The number of nitrogens with zero attached hydrogens (tertiary/aromatic N) is 2. The minimum atomic E-state index is -0.633. The second-order valence-electron chi connectivity index (χ2n) is 7.85. The lowest BCUT2D eigenvalue weighted by molar-refractivity contribution is -0.139. The molecule has 2 aliphatic heterocycles. The van der Waals surface area contributed by atoms with Gasteiger partial charge in [-0.25, -0.2) is 0 Å². The molecule has 0 unspecified atom stereocenters. The van der Waals surface area contributed by atoms with Crippen LogP contribution in [0.5, 0.6) is 11.5 Å². The summed E-state index contributed by atoms with van der Waals surface area (Å²) < 4.78 is 11.0. The van der Waals surface area contributed by atoms with E-state index in [1.165, 1.54) is 0 Å². The first-order valence-electron chi connectivity index (χ1n) is 10.5. The van der Waals surface area contributed by atoms with Crippen LogP contribution in [0.4, 0.5) is 0 Å². The van der Waals surface area contributed by atoms with E-state index in [4.69, 9.17) is 9.47 Å². The lowest BCUT2D eigenvalue weighted by Crippen LogP contribution is -2.49. The molecule has 2 aromatic carbocycles. The molecule has 2 aromatic rings. The van der Waals surface area contributed by atoms with Crippen LogP contribution in [0.25, 0.3) is 0 Å². The molecule has 31 heavy (non-hydrogen) atoms. The summed E-state index contributed by atoms with van der Waals surface area (Å²) in [5.41, 5.74) is 1.97. The van der Waals surface area contributed by atoms with Crippen molar-refractivity contribution in [1.82, 2.24) is 20.4 Å². The zero-order chi connectivity index (χ0) is 21.6. The maximum atomic E-state index is 12.4. The van der Waals surface area contributed by atoms with E-state index in [0.29, 0.717) is 18.8 Å². The Morgan fingerprint density at radius 2 is 1.65 bits per heavy atom. The Bertz CT molecular complexity index is 913. The van der Waals surface area contributed by atoms with Crippen molar-refractivity contribution in [2.24, 2.45) is 0 Å². The standard InChI is InChI=1S/C23H28N4O4/c1-26-9-11-27(12-10-26)19(18-7-8-20-21(13-18)31-16-30-20)15-25-23(29)22(28)24-14-17-5-3-2-4-6-17/h2-8,13,19H,9-12,14-16H2,1H3,(H,24,28)(H,25,29)/t19-/m0/s1. The molecule has 0 bridgehead atoms. The molecule has 1 atom stereocenters. The van der Waals surface area contributed by atoms with Crippen LogP contribution < -0.4 is 20.1 Å². The Hall–Kier alpha value is -3.10. The van der Waals surface area contributed by atoms with Crippen LogP contribution in [-0.4, -0.2) is 68.2 Å². The first kappa shape index (κ1) is 21.1. The number of hydrogen-bond donors (Lipinski definition) is 2. The van der Waals surface area contributed by atoms with E-state index in [2.05, 4.69) is 27.5 Å². The van der Waals surface area contributed by atoms with E-state index in [9.17, 15) is 9.59 Å². The van der Waals surface area contributed by atoms with Gasteiger partial charge >= 0.3 is 11.8 Å². The highest BCUT2D eigenvalue weighted by Crippen LogP contribution is 2.35. The Morgan fingerprint density at radius 1 is 0.935 bits per heavy atom. The number of carbonyl (C=O) groups is 2. The molecule has 2 heterocycles. The zero-order valence-electron chi connectivity index (χ0n) is 17.7. The molecule has 0 aliphatic carbocycles. The van der Waals surface area contributed by atoms with Crippen molar-refractivity contribution in [3.63, 3.8) is 0 Å². The topological polar surface area (TPSA) is 83.1 Å². The molecule has 2 N–H and O–H groups in total. The Labute approximate surface area is 182 Å². The van der Waals surface area contributed by atoms with Gasteiger partial charge in [0.05, 0.1) is 6.04 Å². The van der Waals surface area contributed by atoms with E-state index in [1.54, 1.807) is 0 Å². The van der Waals surface area contributed by atoms with Gasteiger partial charge in [0.15, 0.2) is 11.5 Å². The minimum absolute atomic E-state index is 0.0610. The van der Waals surface area contributed by atoms with Crippen molar-refractivity contribution in [3.05, 3.63) is 59.7 Å². The first-order valence-corrected chi connectivity index (χ1v) is 10.5. The van der Waals surface area contributed by atoms with E-state index in [-0.39, 0.29) is 12.8 Å². The fraction of sp³-hybridized carbons (Fsp3) is 0.391. The summed E-state index contributed by atoms with van der Waals surface area (Å²) in [5.74, 6) is 0.177. The van der Waals surface area contributed by atoms with Gasteiger partial charge in [0.1, 0.15) is 0 Å². The molecule has 164 valence electrons. The molecule has 2 amide bonds. The second kappa shape index (κ2) is 9.80. The molecule has 1 saturated heterocycles. The highest BCUT2D eigenvalue weighted by atomic mass is 16.7. The van der Waals surface area contributed by atoms with E-state index >= 15 is 0 Å². The van der Waals surface area contributed by atoms with Crippen molar-refractivity contribution in [2.75, 3.05) is 46.6 Å². The number of fused-ring (bicyclic) bond motifs is 1. The number of carbonyl (C=O) groups excluding carboxylic acids is 2. The number of hydrogen-bond acceptors (Lipinski definition) is 6. The Kier molecular flexibility index (Phi) is 6.69. The highest BCUT2D eigenvalue weighted by Gasteiger charge is 2.27. The quantitative estimate of drug-likeness (QED) is 0.677. The molecule has 1 fully saturated rings. The molecular formula is C23H28N4O4. The number of nitrogens with one attached hydrogen (secondary N) is 2. The van der Waals surface area contributed by atoms with Crippen LogP contribution in [0.1, 0.15) is 17.2 Å². The summed E-state index contributed by atoms with van der Waals surface area (Å²) >= 11 is 0. The monoisotopic (exact) mass is 424 g/mol. The van der Waals surface area contributed by atoms with E-state index in [0.717, 1.165) is 43.1 Å². The maximum Gasteiger partial charge on any atom is 0.309 e. The number of piperazine rings is 1. The largest absolute Gasteiger partial charge is 0.454 e. The third-order valence-corrected chi connectivity index (χ3v) is 5.72. The van der Waals surface area contributed by atoms with Gasteiger partial charge in [-0.3, -0.25) is 14.5 Å². The predicted octanol–water partition coefficient (Wildman–Crippen LogP) is 1.14. The lowest BCUT2D eigenvalue weighted by Gasteiger charge is -2.38. The third kappa shape index (κ3) is 5.34. The lowest BCUT2D eigenvalue weighted by atomic mass is 10.0. The number of benzene rings is 2. The van der Waals surface area contributed by atoms with E-state index in [1.807, 2.05) is 48.5 Å². The molecule has 0 radical (unpaired) electrons. The molecule has 4 rings (SSSR count). The van der Waals surface area contributed by atoms with Crippen molar-refractivity contribution in [1.29, 1.82) is 0 Å². The Morgan fingerprint density at radius 3 is 2.42 bits per heavy atom. The summed E-state index contributed by atoms with van der Waals surface area (Å²) in [5, 5.41) is 5.49. The summed E-state index contributed by atoms with van der Waals surface area (Å²) in [7, 11) is 2.10. The molecular weight excluding hydrogens is 396 g/mol. The van der Waals surface area contributed by atoms with Crippen LogP contribution in [0.15, 0.2) is 48.5 Å². The number of ether oxygens (including phenoxy) is 2. The molecule has 2 aliphatic rings. The summed E-state index contributed by atoms with van der Waals surface area (Å²) in [6, 6.07) is 15.3. The fourth-order valence-corrected chi connectivity index (χ4v) is 3.84.